The fourth-order valence-electron chi connectivity index (χ4n) is 3.78. The normalized spacial score (nSPS) is 24.5. The van der Waals surface area contributed by atoms with Gasteiger partial charge in [0, 0.05) is 19.4 Å². The summed E-state index contributed by atoms with van der Waals surface area (Å²) in [5, 5.41) is 20.7. The lowest BCUT2D eigenvalue weighted by Crippen LogP contribution is -2.43. The van der Waals surface area contributed by atoms with Crippen molar-refractivity contribution in [3.8, 4) is 0 Å². The minimum atomic E-state index is -0.593. The van der Waals surface area contributed by atoms with Gasteiger partial charge in [-0.1, -0.05) is 31.2 Å². The second-order valence-corrected chi connectivity index (χ2v) is 6.72. The van der Waals surface area contributed by atoms with Gasteiger partial charge in [0.15, 0.2) is 5.82 Å². The minimum Gasteiger partial charge on any atom is -0.390 e. The van der Waals surface area contributed by atoms with Crippen LogP contribution in [0.15, 0.2) is 24.3 Å². The van der Waals surface area contributed by atoms with Crippen molar-refractivity contribution in [2.75, 3.05) is 0 Å². The van der Waals surface area contributed by atoms with E-state index in [0.29, 0.717) is 6.42 Å². The number of amides is 2. The molecule has 0 fully saturated rings. The third-order valence-corrected chi connectivity index (χ3v) is 5.03. The second-order valence-electron chi connectivity index (χ2n) is 6.72. The van der Waals surface area contributed by atoms with E-state index in [1.807, 2.05) is 35.9 Å². The Morgan fingerprint density at radius 1 is 1.36 bits per heavy atom. The highest BCUT2D eigenvalue weighted by atomic mass is 16.3. The van der Waals surface area contributed by atoms with Crippen molar-refractivity contribution in [3.05, 3.63) is 47.0 Å². The van der Waals surface area contributed by atoms with Crippen molar-refractivity contribution in [2.45, 2.75) is 57.3 Å². The van der Waals surface area contributed by atoms with E-state index < -0.39 is 6.10 Å². The van der Waals surface area contributed by atoms with E-state index >= 15 is 0 Å². The number of hydrogen-bond donors (Lipinski definition) is 3. The van der Waals surface area contributed by atoms with Gasteiger partial charge in [0.1, 0.15) is 5.82 Å². The van der Waals surface area contributed by atoms with Gasteiger partial charge in [-0.25, -0.2) is 14.5 Å². The Bertz CT molecular complexity index is 788. The minimum absolute atomic E-state index is 0.143. The van der Waals surface area contributed by atoms with Gasteiger partial charge in [-0.3, -0.25) is 0 Å². The molecule has 0 saturated heterocycles. The standard InChI is InChI=1S/C18H23N5O2/c1-2-15-20-17-13(8-5-9-23(17)22-15)19-18(25)21-16-12-7-4-3-6-11(12)10-14(16)24/h3-4,6-7,13-14,16,24H,2,5,8-10H2,1H3,(H2,19,21,25)/t13?,14-,16+/m0/s1. The van der Waals surface area contributed by atoms with Crippen LogP contribution in [0.5, 0.6) is 0 Å². The second kappa shape index (κ2) is 6.48. The summed E-state index contributed by atoms with van der Waals surface area (Å²) in [5.74, 6) is 1.63. The fourth-order valence-corrected chi connectivity index (χ4v) is 3.78. The van der Waals surface area contributed by atoms with Crippen molar-refractivity contribution in [1.82, 2.24) is 25.4 Å². The first-order valence-corrected chi connectivity index (χ1v) is 8.92. The monoisotopic (exact) mass is 341 g/mol. The van der Waals surface area contributed by atoms with E-state index in [1.165, 1.54) is 0 Å². The summed E-state index contributed by atoms with van der Waals surface area (Å²) >= 11 is 0. The lowest BCUT2D eigenvalue weighted by atomic mass is 10.1. The quantitative estimate of drug-likeness (QED) is 0.791. The third kappa shape index (κ3) is 3.00. The van der Waals surface area contributed by atoms with E-state index in [0.717, 1.165) is 48.6 Å². The van der Waals surface area contributed by atoms with Crippen molar-refractivity contribution in [2.24, 2.45) is 0 Å². The molecule has 2 heterocycles. The van der Waals surface area contributed by atoms with Gasteiger partial charge in [0.25, 0.3) is 0 Å². The van der Waals surface area contributed by atoms with Crippen LogP contribution >= 0.6 is 0 Å². The number of aliphatic hydroxyl groups excluding tert-OH is 1. The molecule has 3 atom stereocenters. The zero-order valence-electron chi connectivity index (χ0n) is 14.3. The van der Waals surface area contributed by atoms with Crippen LogP contribution in [0, 0.1) is 0 Å². The topological polar surface area (TPSA) is 92.1 Å². The summed E-state index contributed by atoms with van der Waals surface area (Å²) in [7, 11) is 0. The first-order valence-electron chi connectivity index (χ1n) is 8.92. The molecule has 0 radical (unpaired) electrons. The summed E-state index contributed by atoms with van der Waals surface area (Å²) < 4.78 is 1.90. The molecular weight excluding hydrogens is 318 g/mol. The third-order valence-electron chi connectivity index (χ3n) is 5.03. The van der Waals surface area contributed by atoms with Gasteiger partial charge in [-0.05, 0) is 24.0 Å². The van der Waals surface area contributed by atoms with Crippen LogP contribution in [0.1, 0.15) is 54.6 Å². The number of fused-ring (bicyclic) bond motifs is 2. The Morgan fingerprint density at radius 3 is 3.04 bits per heavy atom. The molecule has 7 heteroatoms. The maximum atomic E-state index is 12.5. The summed E-state index contributed by atoms with van der Waals surface area (Å²) in [5.41, 5.74) is 2.08. The molecule has 7 nitrogen and oxygen atoms in total. The van der Waals surface area contributed by atoms with Crippen LogP contribution in [0.3, 0.4) is 0 Å². The molecule has 3 N–H and O–H groups in total. The van der Waals surface area contributed by atoms with Gasteiger partial charge in [0.2, 0.25) is 0 Å². The number of hydrogen-bond acceptors (Lipinski definition) is 4. The highest BCUT2D eigenvalue weighted by Gasteiger charge is 2.33. The van der Waals surface area contributed by atoms with Crippen molar-refractivity contribution >= 4 is 6.03 Å². The van der Waals surface area contributed by atoms with Gasteiger partial charge in [-0.15, -0.1) is 0 Å². The van der Waals surface area contributed by atoms with Crippen LogP contribution in [0.2, 0.25) is 0 Å². The number of nitrogens with zero attached hydrogens (tertiary/aromatic N) is 3. The zero-order valence-corrected chi connectivity index (χ0v) is 14.3. The smallest absolute Gasteiger partial charge is 0.315 e. The molecule has 0 spiro atoms. The van der Waals surface area contributed by atoms with E-state index in [2.05, 4.69) is 20.7 Å². The van der Waals surface area contributed by atoms with Gasteiger partial charge in [0.05, 0.1) is 18.2 Å². The fraction of sp³-hybridized carbons (Fsp3) is 0.500. The highest BCUT2D eigenvalue weighted by Crippen LogP contribution is 2.31. The number of nitrogens with one attached hydrogen (secondary N) is 2. The number of aromatic nitrogens is 3. The number of aliphatic hydroxyl groups is 1. The molecule has 4 rings (SSSR count). The van der Waals surface area contributed by atoms with Crippen LogP contribution in [-0.4, -0.2) is 32.0 Å². The number of rotatable bonds is 3. The average Bonchev–Trinajstić information content (AvgIpc) is 3.17. The first-order chi connectivity index (χ1) is 12.2. The Hall–Kier alpha value is -2.41. The Balaban J connectivity index is 1.46. The SMILES string of the molecule is CCc1nc2n(n1)CCCC2NC(=O)N[C@@H]1c2ccccc2C[C@@H]1O. The molecule has 2 amide bonds. The average molecular weight is 341 g/mol. The molecule has 132 valence electrons. The largest absolute Gasteiger partial charge is 0.390 e. The van der Waals surface area contributed by atoms with E-state index in [1.54, 1.807) is 0 Å². The van der Waals surface area contributed by atoms with Gasteiger partial charge < -0.3 is 15.7 Å². The first kappa shape index (κ1) is 16.1. The molecule has 1 aromatic heterocycles. The molecule has 0 bridgehead atoms. The predicted octanol–water partition coefficient (Wildman–Crippen LogP) is 1.63. The van der Waals surface area contributed by atoms with Crippen LogP contribution in [0.4, 0.5) is 4.79 Å². The van der Waals surface area contributed by atoms with E-state index in [9.17, 15) is 9.90 Å². The number of benzene rings is 1. The zero-order chi connectivity index (χ0) is 17.4. The van der Waals surface area contributed by atoms with Crippen LogP contribution in [-0.2, 0) is 19.4 Å². The van der Waals surface area contributed by atoms with Gasteiger partial charge in [-0.2, -0.15) is 5.10 Å². The molecule has 1 aliphatic heterocycles. The molecule has 1 aliphatic carbocycles. The molecule has 25 heavy (non-hydrogen) atoms. The molecule has 1 unspecified atom stereocenters. The molecule has 2 aliphatic rings. The van der Waals surface area contributed by atoms with Crippen molar-refractivity contribution < 1.29 is 9.90 Å². The Labute approximate surface area is 146 Å². The molecule has 2 aromatic rings. The number of aryl methyl sites for hydroxylation is 2. The number of carbonyl (C=O) groups excluding carboxylic acids is 1. The highest BCUT2D eigenvalue weighted by molar-refractivity contribution is 5.75. The number of carbonyl (C=O) groups is 1. The Kier molecular flexibility index (Phi) is 4.17. The molecule has 0 saturated carbocycles. The van der Waals surface area contributed by atoms with Crippen molar-refractivity contribution in [1.29, 1.82) is 0 Å². The Morgan fingerprint density at radius 2 is 2.20 bits per heavy atom. The van der Waals surface area contributed by atoms with Crippen molar-refractivity contribution in [3.63, 3.8) is 0 Å². The maximum Gasteiger partial charge on any atom is 0.315 e. The van der Waals surface area contributed by atoms with Crippen LogP contribution in [0.25, 0.3) is 0 Å². The van der Waals surface area contributed by atoms with Crippen LogP contribution < -0.4 is 10.6 Å². The lowest BCUT2D eigenvalue weighted by molar-refractivity contribution is 0.141. The van der Waals surface area contributed by atoms with E-state index in [-0.39, 0.29) is 18.1 Å². The lowest BCUT2D eigenvalue weighted by Gasteiger charge is -2.25. The summed E-state index contributed by atoms with van der Waals surface area (Å²) in [4.78, 5) is 17.1. The number of urea groups is 1. The van der Waals surface area contributed by atoms with Gasteiger partial charge >= 0.3 is 6.03 Å². The maximum absolute atomic E-state index is 12.5. The summed E-state index contributed by atoms with van der Waals surface area (Å²) in [6.45, 7) is 2.87. The van der Waals surface area contributed by atoms with E-state index in [4.69, 9.17) is 0 Å². The summed E-state index contributed by atoms with van der Waals surface area (Å²) in [6.07, 6.45) is 2.56. The summed E-state index contributed by atoms with van der Waals surface area (Å²) in [6, 6.07) is 7.04. The predicted molar refractivity (Wildman–Crippen MR) is 91.9 cm³/mol. The molecule has 1 aromatic carbocycles. The molecular formula is C18H23N5O2.